The highest BCUT2D eigenvalue weighted by Gasteiger charge is 2.10. The summed E-state index contributed by atoms with van der Waals surface area (Å²) in [5.41, 5.74) is 1.75. The van der Waals surface area contributed by atoms with Gasteiger partial charge in [-0.15, -0.1) is 0 Å². The molecule has 0 aliphatic heterocycles. The summed E-state index contributed by atoms with van der Waals surface area (Å²) >= 11 is 0. The minimum Gasteiger partial charge on any atom is -0.483 e. The molecule has 0 heterocycles. The Labute approximate surface area is 102 Å². The molecule has 4 nitrogen and oxygen atoms in total. The zero-order valence-corrected chi connectivity index (χ0v) is 10.5. The molecule has 4 heteroatoms. The third kappa shape index (κ3) is 4.07. The lowest BCUT2D eigenvalue weighted by Crippen LogP contribution is -2.28. The van der Waals surface area contributed by atoms with Gasteiger partial charge in [0.2, 0.25) is 0 Å². The van der Waals surface area contributed by atoms with Gasteiger partial charge in [-0.25, -0.2) is 0 Å². The Hall–Kier alpha value is -1.55. The first-order valence-electron chi connectivity index (χ1n) is 5.72. The number of ether oxygens (including phenoxy) is 1. The molecule has 94 valence electrons. The van der Waals surface area contributed by atoms with Crippen LogP contribution in [0.3, 0.4) is 0 Å². The van der Waals surface area contributed by atoms with E-state index in [1.165, 1.54) is 0 Å². The first kappa shape index (κ1) is 13.5. The second-order valence-electron chi connectivity index (χ2n) is 3.96. The number of rotatable bonds is 5. The van der Waals surface area contributed by atoms with Crippen LogP contribution in [0.5, 0.6) is 5.75 Å². The smallest absolute Gasteiger partial charge is 0.257 e. The van der Waals surface area contributed by atoms with E-state index in [2.05, 4.69) is 5.32 Å². The molecule has 0 saturated heterocycles. The topological polar surface area (TPSA) is 58.6 Å². The fourth-order valence-electron chi connectivity index (χ4n) is 1.52. The Kier molecular flexibility index (Phi) is 4.97. The van der Waals surface area contributed by atoms with Crippen LogP contribution in [0.15, 0.2) is 18.2 Å². The third-order valence-corrected chi connectivity index (χ3v) is 2.35. The summed E-state index contributed by atoms with van der Waals surface area (Å²) in [4.78, 5) is 11.3. The van der Waals surface area contributed by atoms with Crippen molar-refractivity contribution in [3.63, 3.8) is 0 Å². The van der Waals surface area contributed by atoms with Crippen LogP contribution < -0.4 is 10.1 Å². The Balaban J connectivity index is 2.73. The molecule has 1 rings (SSSR count). The average Bonchev–Trinajstić information content (AvgIpc) is 2.27. The normalized spacial score (nSPS) is 12.0. The van der Waals surface area contributed by atoms with Crippen molar-refractivity contribution in [2.75, 3.05) is 13.2 Å². The van der Waals surface area contributed by atoms with Crippen LogP contribution in [-0.2, 0) is 4.79 Å². The molecule has 0 bridgehead atoms. The van der Waals surface area contributed by atoms with Crippen LogP contribution in [0.1, 0.15) is 31.1 Å². The van der Waals surface area contributed by atoms with Crippen molar-refractivity contribution >= 4 is 5.91 Å². The number of carbonyl (C=O) groups is 1. The largest absolute Gasteiger partial charge is 0.483 e. The summed E-state index contributed by atoms with van der Waals surface area (Å²) in [6, 6.07) is 5.52. The Morgan fingerprint density at radius 3 is 2.82 bits per heavy atom. The molecule has 0 aliphatic rings. The zero-order valence-electron chi connectivity index (χ0n) is 10.5. The van der Waals surface area contributed by atoms with Crippen molar-refractivity contribution in [2.24, 2.45) is 0 Å². The van der Waals surface area contributed by atoms with E-state index in [-0.39, 0.29) is 12.5 Å². The van der Waals surface area contributed by atoms with E-state index in [1.54, 1.807) is 13.0 Å². The molecule has 1 amide bonds. The molecule has 2 N–H and O–H groups in total. The standard InChI is InChI=1S/C13H19NO3/c1-4-14-13(16)8-17-12-6-5-9(2)7-11(12)10(3)15/h5-7,10,15H,4,8H2,1-3H3,(H,14,16)/t10-/m0/s1. The van der Waals surface area contributed by atoms with Gasteiger partial charge in [0.15, 0.2) is 6.61 Å². The number of amides is 1. The van der Waals surface area contributed by atoms with Gasteiger partial charge in [0.25, 0.3) is 5.91 Å². The van der Waals surface area contributed by atoms with Gasteiger partial charge in [-0.3, -0.25) is 4.79 Å². The predicted molar refractivity (Wildman–Crippen MR) is 66.0 cm³/mol. The minimum absolute atomic E-state index is 0.0311. The van der Waals surface area contributed by atoms with E-state index >= 15 is 0 Å². The molecule has 1 aromatic carbocycles. The van der Waals surface area contributed by atoms with E-state index in [4.69, 9.17) is 4.74 Å². The van der Waals surface area contributed by atoms with Gasteiger partial charge in [-0.2, -0.15) is 0 Å². The molecule has 0 radical (unpaired) electrons. The second-order valence-corrected chi connectivity index (χ2v) is 3.96. The molecule has 1 atom stereocenters. The second kappa shape index (κ2) is 6.25. The first-order chi connectivity index (χ1) is 8.04. The van der Waals surface area contributed by atoms with Crippen molar-refractivity contribution in [1.82, 2.24) is 5.32 Å². The third-order valence-electron chi connectivity index (χ3n) is 2.35. The van der Waals surface area contributed by atoms with Gasteiger partial charge >= 0.3 is 0 Å². The zero-order chi connectivity index (χ0) is 12.8. The van der Waals surface area contributed by atoms with Crippen LogP contribution in [0.25, 0.3) is 0 Å². The maximum Gasteiger partial charge on any atom is 0.257 e. The lowest BCUT2D eigenvalue weighted by molar-refractivity contribution is -0.123. The Bertz CT molecular complexity index is 388. The van der Waals surface area contributed by atoms with Crippen LogP contribution in [-0.4, -0.2) is 24.2 Å². The SMILES string of the molecule is CCNC(=O)COc1ccc(C)cc1[C@H](C)O. The lowest BCUT2D eigenvalue weighted by atomic mass is 10.1. The van der Waals surface area contributed by atoms with Crippen molar-refractivity contribution < 1.29 is 14.6 Å². The molecule has 17 heavy (non-hydrogen) atoms. The highest BCUT2D eigenvalue weighted by Crippen LogP contribution is 2.26. The van der Waals surface area contributed by atoms with E-state index in [9.17, 15) is 9.90 Å². The van der Waals surface area contributed by atoms with E-state index in [0.717, 1.165) is 5.56 Å². The number of hydrogen-bond acceptors (Lipinski definition) is 3. The quantitative estimate of drug-likeness (QED) is 0.817. The highest BCUT2D eigenvalue weighted by molar-refractivity contribution is 5.77. The molecule has 0 aromatic heterocycles. The van der Waals surface area contributed by atoms with Crippen LogP contribution in [0.4, 0.5) is 0 Å². The van der Waals surface area contributed by atoms with Crippen LogP contribution >= 0.6 is 0 Å². The summed E-state index contributed by atoms with van der Waals surface area (Å²) in [6.07, 6.45) is -0.612. The number of carbonyl (C=O) groups excluding carboxylic acids is 1. The van der Waals surface area contributed by atoms with Gasteiger partial charge in [-0.05, 0) is 32.9 Å². The Morgan fingerprint density at radius 1 is 1.53 bits per heavy atom. The predicted octanol–water partition coefficient (Wildman–Crippen LogP) is 1.56. The van der Waals surface area contributed by atoms with E-state index in [1.807, 2.05) is 26.0 Å². The maximum atomic E-state index is 11.3. The van der Waals surface area contributed by atoms with Gasteiger partial charge in [0, 0.05) is 12.1 Å². The van der Waals surface area contributed by atoms with Crippen molar-refractivity contribution in [3.8, 4) is 5.75 Å². The summed E-state index contributed by atoms with van der Waals surface area (Å²) in [7, 11) is 0. The van der Waals surface area contributed by atoms with Gasteiger partial charge in [-0.1, -0.05) is 11.6 Å². The molecule has 0 aliphatic carbocycles. The van der Waals surface area contributed by atoms with Crippen LogP contribution in [0.2, 0.25) is 0 Å². The van der Waals surface area contributed by atoms with Crippen molar-refractivity contribution in [1.29, 1.82) is 0 Å². The summed E-state index contributed by atoms with van der Waals surface area (Å²) < 4.78 is 5.40. The van der Waals surface area contributed by atoms with Gasteiger partial charge in [0.1, 0.15) is 5.75 Å². The maximum absolute atomic E-state index is 11.3. The fraction of sp³-hybridized carbons (Fsp3) is 0.462. The van der Waals surface area contributed by atoms with E-state index < -0.39 is 6.10 Å². The van der Waals surface area contributed by atoms with Crippen molar-refractivity contribution in [2.45, 2.75) is 26.9 Å². The number of aryl methyl sites for hydroxylation is 1. The molecular formula is C13H19NO3. The molecule has 0 saturated carbocycles. The average molecular weight is 237 g/mol. The van der Waals surface area contributed by atoms with Gasteiger partial charge < -0.3 is 15.2 Å². The summed E-state index contributed by atoms with van der Waals surface area (Å²) in [5, 5.41) is 12.3. The van der Waals surface area contributed by atoms with Gasteiger partial charge in [0.05, 0.1) is 6.10 Å². The number of nitrogens with one attached hydrogen (secondary N) is 1. The molecule has 0 fully saturated rings. The fourth-order valence-corrected chi connectivity index (χ4v) is 1.52. The lowest BCUT2D eigenvalue weighted by Gasteiger charge is -2.14. The summed E-state index contributed by atoms with van der Waals surface area (Å²) in [5.74, 6) is 0.390. The van der Waals surface area contributed by atoms with E-state index in [0.29, 0.717) is 17.9 Å². The first-order valence-corrected chi connectivity index (χ1v) is 5.72. The molecule has 0 unspecified atom stereocenters. The number of aliphatic hydroxyl groups is 1. The number of likely N-dealkylation sites (N-methyl/N-ethyl adjacent to an activating group) is 1. The van der Waals surface area contributed by atoms with Crippen LogP contribution in [0, 0.1) is 6.92 Å². The monoisotopic (exact) mass is 237 g/mol. The van der Waals surface area contributed by atoms with Crippen molar-refractivity contribution in [3.05, 3.63) is 29.3 Å². The number of aliphatic hydroxyl groups excluding tert-OH is 1. The highest BCUT2D eigenvalue weighted by atomic mass is 16.5. The number of benzene rings is 1. The molecular weight excluding hydrogens is 218 g/mol. The summed E-state index contributed by atoms with van der Waals surface area (Å²) in [6.45, 7) is 6.02. The molecule has 1 aromatic rings. The molecule has 0 spiro atoms. The minimum atomic E-state index is -0.612. The Morgan fingerprint density at radius 2 is 2.24 bits per heavy atom. The number of hydrogen-bond donors (Lipinski definition) is 2.